The van der Waals surface area contributed by atoms with Crippen molar-refractivity contribution in [3.63, 3.8) is 0 Å². The summed E-state index contributed by atoms with van der Waals surface area (Å²) >= 11 is 0. The molecule has 2 aromatic carbocycles. The lowest BCUT2D eigenvalue weighted by atomic mass is 9.97. The number of rotatable bonds is 8. The van der Waals surface area contributed by atoms with Crippen LogP contribution >= 0.6 is 0 Å². The maximum absolute atomic E-state index is 13.0. The van der Waals surface area contributed by atoms with E-state index in [9.17, 15) is 14.7 Å². The summed E-state index contributed by atoms with van der Waals surface area (Å²) in [5.41, 5.74) is 1.65. The molecule has 1 saturated heterocycles. The lowest BCUT2D eigenvalue weighted by molar-refractivity contribution is -0.161. The molecular formula is C23H27NO5. The number of nitrogens with one attached hydrogen (secondary N) is 1. The van der Waals surface area contributed by atoms with Crippen molar-refractivity contribution in [1.29, 1.82) is 0 Å². The first-order chi connectivity index (χ1) is 14.1. The summed E-state index contributed by atoms with van der Waals surface area (Å²) in [6.45, 7) is 2.40. The van der Waals surface area contributed by atoms with Gasteiger partial charge in [0.2, 0.25) is 0 Å². The van der Waals surface area contributed by atoms with Crippen molar-refractivity contribution in [2.45, 2.75) is 38.0 Å². The van der Waals surface area contributed by atoms with E-state index >= 15 is 0 Å². The molecule has 2 unspecified atom stereocenters. The van der Waals surface area contributed by atoms with Crippen LogP contribution in [0.2, 0.25) is 0 Å². The van der Waals surface area contributed by atoms with Gasteiger partial charge in [-0.25, -0.2) is 0 Å². The third kappa shape index (κ3) is 5.22. The number of esters is 2. The lowest BCUT2D eigenvalue weighted by Gasteiger charge is -2.23. The standard InChI is InChI=1S/C23H27NO5/c1-2-3-14-28-22(26)19-18(25)15-24-20(19)23(27)29-21(16-10-6-4-7-11-16)17-12-8-5-9-13-17/h4-13,18-21,24-25H,2-3,14-15H2,1H3/t18?,19?,20-/m0/s1. The SMILES string of the molecule is CCCCOC(=O)C1C(O)CN[C@@H]1C(=O)OC(c1ccccc1)c1ccccc1. The van der Waals surface area contributed by atoms with Crippen LogP contribution in [0.3, 0.4) is 0 Å². The number of aliphatic hydroxyl groups excluding tert-OH is 1. The van der Waals surface area contributed by atoms with Gasteiger partial charge in [-0.05, 0) is 17.5 Å². The van der Waals surface area contributed by atoms with Gasteiger partial charge < -0.3 is 19.9 Å². The molecule has 6 nitrogen and oxygen atoms in total. The third-order valence-corrected chi connectivity index (χ3v) is 5.03. The van der Waals surface area contributed by atoms with E-state index in [0.29, 0.717) is 0 Å². The number of ether oxygens (including phenoxy) is 2. The molecule has 6 heteroatoms. The Morgan fingerprint density at radius 2 is 1.62 bits per heavy atom. The van der Waals surface area contributed by atoms with Gasteiger partial charge in [-0.2, -0.15) is 0 Å². The molecule has 0 amide bonds. The van der Waals surface area contributed by atoms with Crippen molar-refractivity contribution < 1.29 is 24.2 Å². The molecule has 154 valence electrons. The molecule has 1 heterocycles. The van der Waals surface area contributed by atoms with Crippen LogP contribution in [0.25, 0.3) is 0 Å². The number of carbonyl (C=O) groups excluding carboxylic acids is 2. The number of aliphatic hydroxyl groups is 1. The predicted octanol–water partition coefficient (Wildman–Crippen LogP) is 2.61. The summed E-state index contributed by atoms with van der Waals surface area (Å²) in [5, 5.41) is 13.1. The van der Waals surface area contributed by atoms with Crippen molar-refractivity contribution in [1.82, 2.24) is 5.32 Å². The number of benzene rings is 2. The Kier molecular flexibility index (Phi) is 7.38. The molecule has 2 aromatic rings. The van der Waals surface area contributed by atoms with Crippen molar-refractivity contribution in [3.8, 4) is 0 Å². The van der Waals surface area contributed by atoms with Crippen molar-refractivity contribution in [2.75, 3.05) is 13.2 Å². The Balaban J connectivity index is 1.77. The number of unbranched alkanes of at least 4 members (excludes halogenated alkanes) is 1. The van der Waals surface area contributed by atoms with Gasteiger partial charge in [-0.15, -0.1) is 0 Å². The van der Waals surface area contributed by atoms with E-state index in [0.717, 1.165) is 24.0 Å². The van der Waals surface area contributed by atoms with Crippen LogP contribution in [0.1, 0.15) is 37.0 Å². The van der Waals surface area contributed by atoms with E-state index in [4.69, 9.17) is 9.47 Å². The fraction of sp³-hybridized carbons (Fsp3) is 0.391. The van der Waals surface area contributed by atoms with Crippen LogP contribution < -0.4 is 5.32 Å². The quantitative estimate of drug-likeness (QED) is 0.526. The fourth-order valence-corrected chi connectivity index (χ4v) is 3.43. The molecule has 3 atom stereocenters. The van der Waals surface area contributed by atoms with Gasteiger partial charge in [0, 0.05) is 6.54 Å². The molecule has 0 aliphatic carbocycles. The Morgan fingerprint density at radius 3 is 2.17 bits per heavy atom. The summed E-state index contributed by atoms with van der Waals surface area (Å²) in [6, 6.07) is 17.9. The minimum atomic E-state index is -0.992. The zero-order valence-corrected chi connectivity index (χ0v) is 16.5. The number of β-amino-alcohol motifs (C(OH)–C–C–N with tert-alkyl or cyclic N) is 1. The van der Waals surface area contributed by atoms with E-state index < -0.39 is 36.1 Å². The maximum Gasteiger partial charge on any atom is 0.325 e. The zero-order valence-electron chi connectivity index (χ0n) is 16.5. The first kappa shape index (κ1) is 21.0. The Morgan fingerprint density at radius 1 is 1.03 bits per heavy atom. The van der Waals surface area contributed by atoms with E-state index in [1.807, 2.05) is 67.6 Å². The topological polar surface area (TPSA) is 84.9 Å². The molecule has 1 fully saturated rings. The highest BCUT2D eigenvalue weighted by Crippen LogP contribution is 2.28. The molecule has 29 heavy (non-hydrogen) atoms. The normalized spacial score (nSPS) is 21.1. The van der Waals surface area contributed by atoms with Crippen LogP contribution in [0.4, 0.5) is 0 Å². The summed E-state index contributed by atoms with van der Waals surface area (Å²) < 4.78 is 11.1. The summed E-state index contributed by atoms with van der Waals surface area (Å²) in [4.78, 5) is 25.4. The summed E-state index contributed by atoms with van der Waals surface area (Å²) in [5.74, 6) is -2.14. The van der Waals surface area contributed by atoms with Crippen LogP contribution in [0, 0.1) is 5.92 Å². The second-order valence-electron chi connectivity index (χ2n) is 7.14. The number of hydrogen-bond acceptors (Lipinski definition) is 6. The summed E-state index contributed by atoms with van der Waals surface area (Å²) in [7, 11) is 0. The molecule has 0 saturated carbocycles. The smallest absolute Gasteiger partial charge is 0.325 e. The van der Waals surface area contributed by atoms with Crippen LogP contribution in [0.15, 0.2) is 60.7 Å². The molecule has 3 rings (SSSR count). The first-order valence-corrected chi connectivity index (χ1v) is 10.00. The van der Waals surface area contributed by atoms with Crippen LogP contribution in [-0.4, -0.2) is 42.3 Å². The molecule has 2 N–H and O–H groups in total. The summed E-state index contributed by atoms with van der Waals surface area (Å²) in [6.07, 6.45) is 0.0242. The monoisotopic (exact) mass is 397 g/mol. The Hall–Kier alpha value is -2.70. The molecule has 0 bridgehead atoms. The van der Waals surface area contributed by atoms with Gasteiger partial charge in [0.1, 0.15) is 12.0 Å². The average Bonchev–Trinajstić information content (AvgIpc) is 3.15. The average molecular weight is 397 g/mol. The molecule has 1 aliphatic rings. The van der Waals surface area contributed by atoms with Crippen molar-refractivity contribution in [3.05, 3.63) is 71.8 Å². The Bertz CT molecular complexity index is 756. The van der Waals surface area contributed by atoms with Crippen molar-refractivity contribution >= 4 is 11.9 Å². The maximum atomic E-state index is 13.0. The van der Waals surface area contributed by atoms with Gasteiger partial charge in [0.15, 0.2) is 6.10 Å². The van der Waals surface area contributed by atoms with E-state index in [2.05, 4.69) is 5.32 Å². The zero-order chi connectivity index (χ0) is 20.6. The van der Waals surface area contributed by atoms with Gasteiger partial charge in [-0.1, -0.05) is 74.0 Å². The van der Waals surface area contributed by atoms with E-state index in [1.54, 1.807) is 0 Å². The largest absolute Gasteiger partial charge is 0.465 e. The highest BCUT2D eigenvalue weighted by molar-refractivity contribution is 5.86. The first-order valence-electron chi connectivity index (χ1n) is 10.00. The second-order valence-corrected chi connectivity index (χ2v) is 7.14. The third-order valence-electron chi connectivity index (χ3n) is 5.03. The molecule has 0 spiro atoms. The fourth-order valence-electron chi connectivity index (χ4n) is 3.43. The highest BCUT2D eigenvalue weighted by Gasteiger charge is 2.46. The van der Waals surface area contributed by atoms with Crippen LogP contribution in [-0.2, 0) is 19.1 Å². The molecule has 1 aliphatic heterocycles. The van der Waals surface area contributed by atoms with Gasteiger partial charge in [0.25, 0.3) is 0 Å². The van der Waals surface area contributed by atoms with Crippen LogP contribution in [0.5, 0.6) is 0 Å². The van der Waals surface area contributed by atoms with E-state index in [-0.39, 0.29) is 13.2 Å². The van der Waals surface area contributed by atoms with Gasteiger partial charge in [0.05, 0.1) is 12.7 Å². The van der Waals surface area contributed by atoms with Crippen molar-refractivity contribution in [2.24, 2.45) is 5.92 Å². The molecular weight excluding hydrogens is 370 g/mol. The number of hydrogen-bond donors (Lipinski definition) is 2. The Labute approximate surface area is 170 Å². The van der Waals surface area contributed by atoms with E-state index in [1.165, 1.54) is 0 Å². The van der Waals surface area contributed by atoms with Gasteiger partial charge in [-0.3, -0.25) is 9.59 Å². The molecule has 0 radical (unpaired) electrons. The van der Waals surface area contributed by atoms with Gasteiger partial charge >= 0.3 is 11.9 Å². The predicted molar refractivity (Wildman–Crippen MR) is 108 cm³/mol. The number of carbonyl (C=O) groups is 2. The minimum absolute atomic E-state index is 0.134. The lowest BCUT2D eigenvalue weighted by Crippen LogP contribution is -2.43. The molecule has 0 aromatic heterocycles. The highest BCUT2D eigenvalue weighted by atomic mass is 16.6. The second kappa shape index (κ2) is 10.2. The minimum Gasteiger partial charge on any atom is -0.465 e.